The second kappa shape index (κ2) is 5.39. The zero-order valence-electron chi connectivity index (χ0n) is 9.77. The van der Waals surface area contributed by atoms with Gasteiger partial charge in [-0.25, -0.2) is 0 Å². The highest BCUT2D eigenvalue weighted by atomic mass is 16.7. The van der Waals surface area contributed by atoms with Crippen LogP contribution in [0.25, 0.3) is 0 Å². The molecule has 0 saturated carbocycles. The molecule has 0 aliphatic carbocycles. The van der Waals surface area contributed by atoms with Crippen molar-refractivity contribution in [2.75, 3.05) is 20.3 Å². The van der Waals surface area contributed by atoms with Crippen molar-refractivity contribution >= 4 is 0 Å². The molecule has 0 amide bonds. The minimum absolute atomic E-state index is 0.0845. The van der Waals surface area contributed by atoms with E-state index in [4.69, 9.17) is 9.47 Å². The van der Waals surface area contributed by atoms with Crippen LogP contribution in [0.15, 0.2) is 18.3 Å². The molecule has 4 nitrogen and oxygen atoms in total. The lowest BCUT2D eigenvalue weighted by Gasteiger charge is -2.19. The van der Waals surface area contributed by atoms with E-state index < -0.39 is 0 Å². The third-order valence-corrected chi connectivity index (χ3v) is 2.80. The predicted molar refractivity (Wildman–Crippen MR) is 61.1 cm³/mol. The molecule has 2 rings (SSSR count). The largest absolute Gasteiger partial charge is 0.350 e. The van der Waals surface area contributed by atoms with E-state index in [-0.39, 0.29) is 12.3 Å². The van der Waals surface area contributed by atoms with Crippen LogP contribution >= 0.6 is 0 Å². The van der Waals surface area contributed by atoms with Gasteiger partial charge in [-0.3, -0.25) is 4.98 Å². The first kappa shape index (κ1) is 11.5. The minimum Gasteiger partial charge on any atom is -0.350 e. The van der Waals surface area contributed by atoms with Crippen LogP contribution in [0.5, 0.6) is 0 Å². The van der Waals surface area contributed by atoms with Gasteiger partial charge in [0.15, 0.2) is 6.29 Å². The maximum Gasteiger partial charge on any atom is 0.159 e. The second-order valence-electron chi connectivity index (χ2n) is 3.98. The Labute approximate surface area is 96.0 Å². The van der Waals surface area contributed by atoms with Crippen LogP contribution in [0.3, 0.4) is 0 Å². The summed E-state index contributed by atoms with van der Waals surface area (Å²) < 4.78 is 10.9. The summed E-state index contributed by atoms with van der Waals surface area (Å²) in [6, 6.07) is 4.35. The number of rotatable bonds is 4. The summed E-state index contributed by atoms with van der Waals surface area (Å²) in [6.45, 7) is 3.39. The van der Waals surface area contributed by atoms with Crippen LogP contribution in [0.1, 0.15) is 23.7 Å². The molecule has 4 heteroatoms. The number of ether oxygens (including phenoxy) is 2. The lowest BCUT2D eigenvalue weighted by molar-refractivity contribution is -0.0526. The van der Waals surface area contributed by atoms with Crippen molar-refractivity contribution in [3.8, 4) is 0 Å². The van der Waals surface area contributed by atoms with Crippen molar-refractivity contribution in [1.82, 2.24) is 10.3 Å². The standard InChI is InChI=1S/C12H18N2O2/c1-9-3-4-10(8-14-9)11(13-2)7-12-15-5-6-16-12/h3-4,8,11-13H,5-7H2,1-2H3. The lowest BCUT2D eigenvalue weighted by Crippen LogP contribution is -2.23. The van der Waals surface area contributed by atoms with Crippen LogP contribution in [0.4, 0.5) is 0 Å². The van der Waals surface area contributed by atoms with Crippen LogP contribution in [-0.4, -0.2) is 31.5 Å². The van der Waals surface area contributed by atoms with Gasteiger partial charge in [0.05, 0.1) is 13.2 Å². The second-order valence-corrected chi connectivity index (χ2v) is 3.98. The molecule has 1 aromatic heterocycles. The van der Waals surface area contributed by atoms with Crippen LogP contribution in [-0.2, 0) is 9.47 Å². The van der Waals surface area contributed by atoms with E-state index in [0.29, 0.717) is 13.2 Å². The predicted octanol–water partition coefficient (Wildman–Crippen LogP) is 1.41. The van der Waals surface area contributed by atoms with E-state index >= 15 is 0 Å². The molecule has 1 saturated heterocycles. The van der Waals surface area contributed by atoms with Gasteiger partial charge in [-0.05, 0) is 25.6 Å². The molecule has 0 radical (unpaired) electrons. The molecule has 2 heterocycles. The fourth-order valence-electron chi connectivity index (χ4n) is 1.84. The molecule has 1 aliphatic rings. The van der Waals surface area contributed by atoms with Crippen LogP contribution < -0.4 is 5.32 Å². The Kier molecular flexibility index (Phi) is 3.88. The zero-order chi connectivity index (χ0) is 11.4. The van der Waals surface area contributed by atoms with Gasteiger partial charge in [-0.15, -0.1) is 0 Å². The normalized spacial score (nSPS) is 18.9. The number of nitrogens with zero attached hydrogens (tertiary/aromatic N) is 1. The summed E-state index contributed by atoms with van der Waals surface area (Å²) in [6.07, 6.45) is 2.64. The highest BCUT2D eigenvalue weighted by molar-refractivity contribution is 5.17. The van der Waals surface area contributed by atoms with Crippen molar-refractivity contribution in [2.45, 2.75) is 25.7 Å². The monoisotopic (exact) mass is 222 g/mol. The molecule has 1 fully saturated rings. The summed E-state index contributed by atoms with van der Waals surface area (Å²) in [4.78, 5) is 4.30. The Morgan fingerprint density at radius 2 is 2.19 bits per heavy atom. The first-order chi connectivity index (χ1) is 7.79. The molecular formula is C12H18N2O2. The fraction of sp³-hybridized carbons (Fsp3) is 0.583. The molecule has 16 heavy (non-hydrogen) atoms. The summed E-state index contributed by atoms with van der Waals surface area (Å²) in [7, 11) is 1.94. The van der Waals surface area contributed by atoms with E-state index in [9.17, 15) is 0 Å². The van der Waals surface area contributed by atoms with E-state index in [1.165, 1.54) is 5.56 Å². The average molecular weight is 222 g/mol. The maximum atomic E-state index is 5.45. The van der Waals surface area contributed by atoms with Gasteiger partial charge in [0.1, 0.15) is 0 Å². The van der Waals surface area contributed by atoms with Crippen LogP contribution in [0, 0.1) is 6.92 Å². The van der Waals surface area contributed by atoms with Crippen molar-refractivity contribution in [2.24, 2.45) is 0 Å². The van der Waals surface area contributed by atoms with Gasteiger partial charge < -0.3 is 14.8 Å². The van der Waals surface area contributed by atoms with Crippen molar-refractivity contribution in [3.05, 3.63) is 29.6 Å². The first-order valence-electron chi connectivity index (χ1n) is 5.62. The van der Waals surface area contributed by atoms with Gasteiger partial charge >= 0.3 is 0 Å². The number of pyridine rings is 1. The lowest BCUT2D eigenvalue weighted by atomic mass is 10.1. The smallest absolute Gasteiger partial charge is 0.159 e. The van der Waals surface area contributed by atoms with Gasteiger partial charge in [0, 0.05) is 24.4 Å². The third kappa shape index (κ3) is 2.78. The number of aromatic nitrogens is 1. The Balaban J connectivity index is 2.00. The van der Waals surface area contributed by atoms with Crippen molar-refractivity contribution < 1.29 is 9.47 Å². The number of hydrogen-bond acceptors (Lipinski definition) is 4. The highest BCUT2D eigenvalue weighted by Gasteiger charge is 2.21. The first-order valence-corrected chi connectivity index (χ1v) is 5.62. The molecule has 88 valence electrons. The fourth-order valence-corrected chi connectivity index (χ4v) is 1.84. The Hall–Kier alpha value is -0.970. The van der Waals surface area contributed by atoms with E-state index in [1.54, 1.807) is 0 Å². The third-order valence-electron chi connectivity index (χ3n) is 2.80. The van der Waals surface area contributed by atoms with Gasteiger partial charge in [-0.1, -0.05) is 6.07 Å². The van der Waals surface area contributed by atoms with Crippen molar-refractivity contribution in [3.63, 3.8) is 0 Å². The Bertz CT molecular complexity index is 320. The molecular weight excluding hydrogens is 204 g/mol. The molecule has 1 aromatic rings. The number of hydrogen-bond donors (Lipinski definition) is 1. The maximum absolute atomic E-state index is 5.45. The highest BCUT2D eigenvalue weighted by Crippen LogP contribution is 2.21. The Morgan fingerprint density at radius 3 is 2.75 bits per heavy atom. The van der Waals surface area contributed by atoms with Crippen LogP contribution in [0.2, 0.25) is 0 Å². The molecule has 1 N–H and O–H groups in total. The average Bonchev–Trinajstić information content (AvgIpc) is 2.80. The molecule has 0 aromatic carbocycles. The summed E-state index contributed by atoms with van der Waals surface area (Å²) >= 11 is 0. The topological polar surface area (TPSA) is 43.4 Å². The number of aryl methyl sites for hydroxylation is 1. The summed E-state index contributed by atoms with van der Waals surface area (Å²) in [5.74, 6) is 0. The quantitative estimate of drug-likeness (QED) is 0.836. The van der Waals surface area contributed by atoms with Gasteiger partial charge in [0.2, 0.25) is 0 Å². The molecule has 1 unspecified atom stereocenters. The SMILES string of the molecule is CNC(CC1OCCO1)c1ccc(C)nc1. The minimum atomic E-state index is -0.0845. The van der Waals surface area contributed by atoms with E-state index in [2.05, 4.69) is 16.4 Å². The van der Waals surface area contributed by atoms with E-state index in [1.807, 2.05) is 26.2 Å². The number of nitrogens with one attached hydrogen (secondary N) is 1. The molecule has 0 spiro atoms. The van der Waals surface area contributed by atoms with Crippen molar-refractivity contribution in [1.29, 1.82) is 0 Å². The Morgan fingerprint density at radius 1 is 1.44 bits per heavy atom. The summed E-state index contributed by atoms with van der Waals surface area (Å²) in [5, 5.41) is 3.26. The summed E-state index contributed by atoms with van der Waals surface area (Å²) in [5.41, 5.74) is 2.21. The molecule has 1 aliphatic heterocycles. The van der Waals surface area contributed by atoms with E-state index in [0.717, 1.165) is 12.1 Å². The molecule has 0 bridgehead atoms. The molecule has 1 atom stereocenters. The van der Waals surface area contributed by atoms with Gasteiger partial charge in [-0.2, -0.15) is 0 Å². The van der Waals surface area contributed by atoms with Gasteiger partial charge in [0.25, 0.3) is 0 Å². The zero-order valence-corrected chi connectivity index (χ0v) is 9.77.